The van der Waals surface area contributed by atoms with Crippen molar-refractivity contribution in [3.05, 3.63) is 71.9 Å². The number of aromatic nitrogens is 2. The van der Waals surface area contributed by atoms with Crippen LogP contribution in [-0.4, -0.2) is 27.4 Å². The molecule has 0 aliphatic heterocycles. The number of carboxylic acid groups (broad SMARTS) is 1. The number of hydrogen-bond acceptors (Lipinski definition) is 4. The molecule has 2 N–H and O–H groups in total. The average molecular weight is 341 g/mol. The summed E-state index contributed by atoms with van der Waals surface area (Å²) in [5.74, 6) is 0.333. The van der Waals surface area contributed by atoms with Crippen LogP contribution in [0.4, 0.5) is 9.18 Å². The van der Waals surface area contributed by atoms with Gasteiger partial charge in [0.2, 0.25) is 11.7 Å². The minimum Gasteiger partial charge on any atom is -0.465 e. The number of hydrogen-bond donors (Lipinski definition) is 2. The Morgan fingerprint density at radius 3 is 2.56 bits per heavy atom. The van der Waals surface area contributed by atoms with Crippen molar-refractivity contribution in [2.24, 2.45) is 0 Å². The van der Waals surface area contributed by atoms with Crippen LogP contribution in [-0.2, 0) is 12.8 Å². The van der Waals surface area contributed by atoms with Crippen LogP contribution in [0.2, 0.25) is 0 Å². The van der Waals surface area contributed by atoms with Gasteiger partial charge >= 0.3 is 6.09 Å². The van der Waals surface area contributed by atoms with Crippen molar-refractivity contribution in [2.45, 2.75) is 18.9 Å². The third kappa shape index (κ3) is 4.41. The third-order valence-electron chi connectivity index (χ3n) is 3.67. The quantitative estimate of drug-likeness (QED) is 0.718. The van der Waals surface area contributed by atoms with E-state index in [0.717, 1.165) is 5.56 Å². The maximum atomic E-state index is 13.8. The lowest BCUT2D eigenvalue weighted by Crippen LogP contribution is -2.37. The Morgan fingerprint density at radius 1 is 1.12 bits per heavy atom. The molecule has 0 bridgehead atoms. The lowest BCUT2D eigenvalue weighted by Gasteiger charge is -2.15. The summed E-state index contributed by atoms with van der Waals surface area (Å²) in [6.45, 7) is 0. The van der Waals surface area contributed by atoms with Crippen LogP contribution in [0.25, 0.3) is 11.4 Å². The summed E-state index contributed by atoms with van der Waals surface area (Å²) < 4.78 is 19.0. The second-order valence-corrected chi connectivity index (χ2v) is 5.52. The first-order chi connectivity index (χ1) is 12.1. The Morgan fingerprint density at radius 2 is 1.84 bits per heavy atom. The number of nitrogens with zero attached hydrogens (tertiary/aromatic N) is 2. The lowest BCUT2D eigenvalue weighted by atomic mass is 10.0. The van der Waals surface area contributed by atoms with Crippen molar-refractivity contribution in [2.75, 3.05) is 0 Å². The standard InChI is InChI=1S/C18H16FN3O3/c19-15-9-5-4-8-13(15)10-14(20-18(23)24)11-16-21-17(22-25-16)12-6-2-1-3-7-12/h1-9,14,20H,10-11H2,(H,23,24). The zero-order chi connectivity index (χ0) is 17.6. The van der Waals surface area contributed by atoms with Crippen LogP contribution in [0.3, 0.4) is 0 Å². The van der Waals surface area contributed by atoms with Crippen LogP contribution < -0.4 is 5.32 Å². The Labute approximate surface area is 143 Å². The van der Waals surface area contributed by atoms with Crippen LogP contribution in [0.1, 0.15) is 11.5 Å². The maximum absolute atomic E-state index is 13.8. The molecule has 0 aliphatic rings. The summed E-state index contributed by atoms with van der Waals surface area (Å²) in [6, 6.07) is 15.0. The molecule has 0 spiro atoms. The van der Waals surface area contributed by atoms with Crippen LogP contribution in [0, 0.1) is 5.82 Å². The van der Waals surface area contributed by atoms with E-state index in [1.807, 2.05) is 30.3 Å². The summed E-state index contributed by atoms with van der Waals surface area (Å²) in [4.78, 5) is 15.3. The lowest BCUT2D eigenvalue weighted by molar-refractivity contribution is 0.188. The molecule has 3 rings (SSSR count). The molecule has 1 amide bonds. The molecule has 7 heteroatoms. The monoisotopic (exact) mass is 341 g/mol. The van der Waals surface area contributed by atoms with E-state index in [1.165, 1.54) is 6.07 Å². The molecule has 128 valence electrons. The van der Waals surface area contributed by atoms with E-state index in [2.05, 4.69) is 15.5 Å². The van der Waals surface area contributed by atoms with Crippen LogP contribution in [0.5, 0.6) is 0 Å². The summed E-state index contributed by atoms with van der Waals surface area (Å²) >= 11 is 0. The van der Waals surface area contributed by atoms with Gasteiger partial charge in [-0.3, -0.25) is 0 Å². The van der Waals surface area contributed by atoms with Crippen molar-refractivity contribution in [1.29, 1.82) is 0 Å². The fourth-order valence-electron chi connectivity index (χ4n) is 2.53. The van der Waals surface area contributed by atoms with Crippen molar-refractivity contribution in [3.8, 4) is 11.4 Å². The molecule has 0 saturated carbocycles. The van der Waals surface area contributed by atoms with Crippen LogP contribution >= 0.6 is 0 Å². The highest BCUT2D eigenvalue weighted by molar-refractivity contribution is 5.65. The van der Waals surface area contributed by atoms with Gasteiger partial charge in [-0.25, -0.2) is 9.18 Å². The largest absolute Gasteiger partial charge is 0.465 e. The molecule has 0 saturated heterocycles. The Bertz CT molecular complexity index is 852. The first kappa shape index (κ1) is 16.6. The Kier molecular flexibility index (Phi) is 5.03. The second-order valence-electron chi connectivity index (χ2n) is 5.52. The van der Waals surface area contributed by atoms with Gasteiger partial charge in [0.15, 0.2) is 0 Å². The van der Waals surface area contributed by atoms with Gasteiger partial charge in [0.05, 0.1) is 0 Å². The van der Waals surface area contributed by atoms with Gasteiger partial charge in [0.1, 0.15) is 5.82 Å². The number of benzene rings is 2. The normalized spacial score (nSPS) is 11.9. The first-order valence-electron chi connectivity index (χ1n) is 7.72. The number of nitrogens with one attached hydrogen (secondary N) is 1. The minimum absolute atomic E-state index is 0.167. The minimum atomic E-state index is -1.19. The summed E-state index contributed by atoms with van der Waals surface area (Å²) in [6.07, 6.45) is -0.841. The number of halogens is 1. The smallest absolute Gasteiger partial charge is 0.404 e. The van der Waals surface area contributed by atoms with E-state index in [9.17, 15) is 9.18 Å². The molecule has 0 radical (unpaired) electrons. The molecule has 1 aromatic heterocycles. The predicted octanol–water partition coefficient (Wildman–Crippen LogP) is 3.30. The van der Waals surface area contributed by atoms with Gasteiger partial charge < -0.3 is 14.9 Å². The van der Waals surface area contributed by atoms with E-state index in [4.69, 9.17) is 9.63 Å². The average Bonchev–Trinajstić information content (AvgIpc) is 3.06. The molecule has 6 nitrogen and oxygen atoms in total. The highest BCUT2D eigenvalue weighted by Crippen LogP contribution is 2.17. The molecule has 2 aromatic carbocycles. The van der Waals surface area contributed by atoms with Gasteiger partial charge in [-0.15, -0.1) is 0 Å². The molecular weight excluding hydrogens is 325 g/mol. The van der Waals surface area contributed by atoms with Crippen molar-refractivity contribution in [1.82, 2.24) is 15.5 Å². The predicted molar refractivity (Wildman–Crippen MR) is 88.5 cm³/mol. The van der Waals surface area contributed by atoms with E-state index in [-0.39, 0.29) is 24.5 Å². The fourth-order valence-corrected chi connectivity index (χ4v) is 2.53. The first-order valence-corrected chi connectivity index (χ1v) is 7.72. The van der Waals surface area contributed by atoms with Crippen LogP contribution in [0.15, 0.2) is 59.1 Å². The summed E-state index contributed by atoms with van der Waals surface area (Å²) in [5, 5.41) is 15.3. The van der Waals surface area contributed by atoms with Gasteiger partial charge in [-0.05, 0) is 18.1 Å². The maximum Gasteiger partial charge on any atom is 0.404 e. The van der Waals surface area contributed by atoms with Gasteiger partial charge in [0, 0.05) is 18.0 Å². The molecule has 1 atom stereocenters. The molecule has 0 aliphatic carbocycles. The molecular formula is C18H16FN3O3. The SMILES string of the molecule is O=C(O)NC(Cc1nc(-c2ccccc2)no1)Cc1ccccc1F. The number of rotatable bonds is 6. The third-order valence-corrected chi connectivity index (χ3v) is 3.67. The number of amides is 1. The molecule has 0 fully saturated rings. The number of carbonyl (C=O) groups is 1. The Hall–Kier alpha value is -3.22. The van der Waals surface area contributed by atoms with Gasteiger partial charge in [-0.1, -0.05) is 53.7 Å². The molecule has 1 heterocycles. The Balaban J connectivity index is 1.75. The summed E-state index contributed by atoms with van der Waals surface area (Å²) in [5.41, 5.74) is 1.22. The van der Waals surface area contributed by atoms with Gasteiger partial charge in [0.25, 0.3) is 0 Å². The molecule has 1 unspecified atom stereocenters. The van der Waals surface area contributed by atoms with E-state index < -0.39 is 12.1 Å². The second kappa shape index (κ2) is 7.57. The summed E-state index contributed by atoms with van der Waals surface area (Å²) in [7, 11) is 0. The van der Waals surface area contributed by atoms with Gasteiger partial charge in [-0.2, -0.15) is 4.98 Å². The molecule has 3 aromatic rings. The van der Waals surface area contributed by atoms with E-state index in [0.29, 0.717) is 11.4 Å². The molecule has 25 heavy (non-hydrogen) atoms. The zero-order valence-corrected chi connectivity index (χ0v) is 13.2. The zero-order valence-electron chi connectivity index (χ0n) is 13.2. The highest BCUT2D eigenvalue weighted by Gasteiger charge is 2.19. The van der Waals surface area contributed by atoms with Crippen molar-refractivity contribution in [3.63, 3.8) is 0 Å². The van der Waals surface area contributed by atoms with Crippen molar-refractivity contribution >= 4 is 6.09 Å². The van der Waals surface area contributed by atoms with E-state index in [1.54, 1.807) is 18.2 Å². The highest BCUT2D eigenvalue weighted by atomic mass is 19.1. The van der Waals surface area contributed by atoms with E-state index >= 15 is 0 Å². The topological polar surface area (TPSA) is 88.2 Å². The van der Waals surface area contributed by atoms with Crippen molar-refractivity contribution < 1.29 is 18.8 Å². The fraction of sp³-hybridized carbons (Fsp3) is 0.167.